The van der Waals surface area contributed by atoms with Gasteiger partial charge in [-0.05, 0) is 24.8 Å². The predicted octanol–water partition coefficient (Wildman–Crippen LogP) is 6.01. The number of hydrogen-bond donors (Lipinski definition) is 0. The van der Waals surface area contributed by atoms with Crippen LogP contribution in [0.2, 0.25) is 0 Å². The van der Waals surface area contributed by atoms with E-state index in [4.69, 9.17) is 4.74 Å². The van der Waals surface area contributed by atoms with Crippen molar-refractivity contribution < 1.29 is 4.74 Å². The molecule has 0 amide bonds. The maximum Gasteiger partial charge on any atom is 0.137 e. The minimum absolute atomic E-state index is 0.0290. The Morgan fingerprint density at radius 3 is 2.32 bits per heavy atom. The summed E-state index contributed by atoms with van der Waals surface area (Å²) in [6.07, 6.45) is 10.9. The first-order chi connectivity index (χ1) is 9.34. The van der Waals surface area contributed by atoms with Crippen LogP contribution in [-0.2, 0) is 4.74 Å². The molecule has 1 nitrogen and oxygen atoms in total. The van der Waals surface area contributed by atoms with Crippen LogP contribution in [0, 0.1) is 0 Å². The molecular formula is C17H25BrO. The van der Waals surface area contributed by atoms with Crippen LogP contribution in [0.3, 0.4) is 0 Å². The van der Waals surface area contributed by atoms with Gasteiger partial charge in [-0.3, -0.25) is 0 Å². The predicted molar refractivity (Wildman–Crippen MR) is 86.6 cm³/mol. The molecule has 2 heteroatoms. The van der Waals surface area contributed by atoms with Crippen molar-refractivity contribution in [1.82, 2.24) is 0 Å². The van der Waals surface area contributed by atoms with Gasteiger partial charge >= 0.3 is 0 Å². The molecule has 1 atom stereocenters. The zero-order chi connectivity index (χ0) is 13.8. The van der Waals surface area contributed by atoms with Crippen molar-refractivity contribution >= 4 is 15.9 Å². The largest absolute Gasteiger partial charge is 0.362 e. The van der Waals surface area contributed by atoms with Crippen LogP contribution in [0.1, 0.15) is 55.5 Å². The molecule has 0 spiro atoms. The molecule has 0 aliphatic heterocycles. The number of unbranched alkanes of at least 4 members (excludes halogenated alkanes) is 6. The van der Waals surface area contributed by atoms with Gasteiger partial charge in [-0.1, -0.05) is 78.0 Å². The minimum atomic E-state index is 0.0290. The Hall–Kier alpha value is -0.600. The molecule has 0 N–H and O–H groups in total. The van der Waals surface area contributed by atoms with Crippen LogP contribution in [0.15, 0.2) is 43.0 Å². The summed E-state index contributed by atoms with van der Waals surface area (Å²) in [7, 11) is 0. The van der Waals surface area contributed by atoms with Crippen molar-refractivity contribution in [3.8, 4) is 0 Å². The summed E-state index contributed by atoms with van der Waals surface area (Å²) in [6.45, 7) is 4.57. The number of hydrogen-bond acceptors (Lipinski definition) is 1. The molecule has 106 valence electrons. The quantitative estimate of drug-likeness (QED) is 0.275. The van der Waals surface area contributed by atoms with Crippen LogP contribution in [0.5, 0.6) is 0 Å². The highest BCUT2D eigenvalue weighted by Gasteiger charge is 2.05. The zero-order valence-corrected chi connectivity index (χ0v) is 13.3. The molecule has 1 aromatic carbocycles. The summed E-state index contributed by atoms with van der Waals surface area (Å²) in [6, 6.07) is 10.3. The second-order valence-electron chi connectivity index (χ2n) is 4.80. The second kappa shape index (κ2) is 11.2. The van der Waals surface area contributed by atoms with Crippen molar-refractivity contribution in [3.63, 3.8) is 0 Å². The first kappa shape index (κ1) is 16.5. The molecule has 0 heterocycles. The maximum atomic E-state index is 5.78. The van der Waals surface area contributed by atoms with Crippen LogP contribution < -0.4 is 0 Å². The lowest BCUT2D eigenvalue weighted by Crippen LogP contribution is -1.98. The third-order valence-corrected chi connectivity index (χ3v) is 3.92. The third-order valence-electron chi connectivity index (χ3n) is 3.13. The molecule has 0 aliphatic rings. The normalized spacial score (nSPS) is 12.3. The van der Waals surface area contributed by atoms with Gasteiger partial charge in [0.05, 0.1) is 0 Å². The van der Waals surface area contributed by atoms with Gasteiger partial charge in [0, 0.05) is 6.61 Å². The van der Waals surface area contributed by atoms with Crippen molar-refractivity contribution in [1.29, 1.82) is 0 Å². The fraction of sp³-hybridized carbons (Fsp3) is 0.529. The summed E-state index contributed by atoms with van der Waals surface area (Å²) in [5.41, 5.74) is 1.19. The van der Waals surface area contributed by atoms with Gasteiger partial charge in [0.25, 0.3) is 0 Å². The summed E-state index contributed by atoms with van der Waals surface area (Å²) in [5.74, 6) is 0. The number of allylic oxidation sites excluding steroid dienone is 1. The lowest BCUT2D eigenvalue weighted by Gasteiger charge is -2.11. The number of alkyl halides is 1. The molecule has 19 heavy (non-hydrogen) atoms. The highest BCUT2D eigenvalue weighted by Crippen LogP contribution is 2.23. The van der Waals surface area contributed by atoms with E-state index in [2.05, 4.69) is 34.6 Å². The van der Waals surface area contributed by atoms with Gasteiger partial charge in [0.15, 0.2) is 0 Å². The Labute approximate surface area is 126 Å². The highest BCUT2D eigenvalue weighted by molar-refractivity contribution is 9.09. The maximum absolute atomic E-state index is 5.78. The highest BCUT2D eigenvalue weighted by atomic mass is 79.9. The number of rotatable bonds is 11. The van der Waals surface area contributed by atoms with Gasteiger partial charge in [0.1, 0.15) is 5.01 Å². The van der Waals surface area contributed by atoms with E-state index >= 15 is 0 Å². The number of halogens is 1. The fourth-order valence-corrected chi connectivity index (χ4v) is 2.48. The SMILES string of the molecule is C=CCCCCCCCCOC(Br)c1ccccc1. The van der Waals surface area contributed by atoms with Crippen molar-refractivity contribution in [2.45, 2.75) is 50.0 Å². The van der Waals surface area contributed by atoms with Gasteiger partial charge in [0.2, 0.25) is 0 Å². The summed E-state index contributed by atoms with van der Waals surface area (Å²) >= 11 is 3.57. The minimum Gasteiger partial charge on any atom is -0.362 e. The fourth-order valence-electron chi connectivity index (χ4n) is 1.99. The first-order valence-corrected chi connectivity index (χ1v) is 8.17. The van der Waals surface area contributed by atoms with E-state index in [1.807, 2.05) is 24.3 Å². The van der Waals surface area contributed by atoms with Crippen molar-refractivity contribution in [2.24, 2.45) is 0 Å². The number of ether oxygens (including phenoxy) is 1. The van der Waals surface area contributed by atoms with Gasteiger partial charge in [-0.15, -0.1) is 6.58 Å². The molecule has 0 saturated carbocycles. The smallest absolute Gasteiger partial charge is 0.137 e. The molecule has 0 aliphatic carbocycles. The Balaban J connectivity index is 1.95. The van der Waals surface area contributed by atoms with E-state index in [-0.39, 0.29) is 5.01 Å². The molecule has 0 aromatic heterocycles. The number of benzene rings is 1. The van der Waals surface area contributed by atoms with E-state index in [9.17, 15) is 0 Å². The van der Waals surface area contributed by atoms with E-state index in [1.165, 1.54) is 37.7 Å². The zero-order valence-electron chi connectivity index (χ0n) is 11.7. The van der Waals surface area contributed by atoms with Gasteiger partial charge < -0.3 is 4.74 Å². The van der Waals surface area contributed by atoms with Crippen LogP contribution in [0.4, 0.5) is 0 Å². The molecule has 0 fully saturated rings. The van der Waals surface area contributed by atoms with E-state index in [0.29, 0.717) is 0 Å². The topological polar surface area (TPSA) is 9.23 Å². The average molecular weight is 325 g/mol. The lowest BCUT2D eigenvalue weighted by atomic mass is 10.1. The molecule has 0 radical (unpaired) electrons. The Kier molecular flexibility index (Phi) is 9.74. The van der Waals surface area contributed by atoms with E-state index in [0.717, 1.165) is 19.4 Å². The van der Waals surface area contributed by atoms with E-state index in [1.54, 1.807) is 0 Å². The molecule has 0 bridgehead atoms. The van der Waals surface area contributed by atoms with E-state index < -0.39 is 0 Å². The van der Waals surface area contributed by atoms with Gasteiger partial charge in [-0.2, -0.15) is 0 Å². The molecule has 1 rings (SSSR count). The molecular weight excluding hydrogens is 300 g/mol. The average Bonchev–Trinajstić information content (AvgIpc) is 2.46. The molecule has 1 unspecified atom stereocenters. The summed E-state index contributed by atoms with van der Waals surface area (Å²) in [5, 5.41) is 0.0290. The van der Waals surface area contributed by atoms with Crippen molar-refractivity contribution in [3.05, 3.63) is 48.6 Å². The third kappa shape index (κ3) is 8.22. The summed E-state index contributed by atoms with van der Waals surface area (Å²) in [4.78, 5) is 0. The standard InChI is InChI=1S/C17H25BrO/c1-2-3-4-5-6-7-8-12-15-19-17(18)16-13-10-9-11-14-16/h2,9-11,13-14,17H,1,3-8,12,15H2. The monoisotopic (exact) mass is 324 g/mol. The Morgan fingerprint density at radius 1 is 1.00 bits per heavy atom. The van der Waals surface area contributed by atoms with Gasteiger partial charge in [-0.25, -0.2) is 0 Å². The van der Waals surface area contributed by atoms with Crippen LogP contribution in [0.25, 0.3) is 0 Å². The summed E-state index contributed by atoms with van der Waals surface area (Å²) < 4.78 is 5.78. The molecule has 1 aromatic rings. The second-order valence-corrected chi connectivity index (χ2v) is 5.63. The molecule has 0 saturated heterocycles. The Bertz CT molecular complexity index is 323. The van der Waals surface area contributed by atoms with Crippen molar-refractivity contribution in [2.75, 3.05) is 6.61 Å². The Morgan fingerprint density at radius 2 is 1.63 bits per heavy atom. The first-order valence-electron chi connectivity index (χ1n) is 7.26. The van der Waals surface area contributed by atoms with Crippen LogP contribution in [-0.4, -0.2) is 6.61 Å². The lowest BCUT2D eigenvalue weighted by molar-refractivity contribution is 0.114. The van der Waals surface area contributed by atoms with Crippen LogP contribution >= 0.6 is 15.9 Å².